The van der Waals surface area contributed by atoms with Crippen LogP contribution in [0.5, 0.6) is 5.75 Å². The van der Waals surface area contributed by atoms with E-state index >= 15 is 0 Å². The number of hydrogen-bond donors (Lipinski definition) is 1. The minimum Gasteiger partial charge on any atom is -0.496 e. The second-order valence-electron chi connectivity index (χ2n) is 5.09. The van der Waals surface area contributed by atoms with Gasteiger partial charge in [-0.2, -0.15) is 0 Å². The van der Waals surface area contributed by atoms with Gasteiger partial charge in [0.05, 0.1) is 12.7 Å². The van der Waals surface area contributed by atoms with Crippen molar-refractivity contribution in [2.75, 3.05) is 7.11 Å². The Hall–Kier alpha value is -1.06. The zero-order valence-corrected chi connectivity index (χ0v) is 11.5. The maximum absolute atomic E-state index is 12.7. The number of methoxy groups -OCH3 is 1. The van der Waals surface area contributed by atoms with E-state index in [2.05, 4.69) is 0 Å². The highest BCUT2D eigenvalue weighted by molar-refractivity contribution is 6.31. The second-order valence-corrected chi connectivity index (χ2v) is 5.53. The number of ketones is 1. The van der Waals surface area contributed by atoms with Crippen molar-refractivity contribution in [3.05, 3.63) is 28.8 Å². The third-order valence-electron chi connectivity index (χ3n) is 3.95. The van der Waals surface area contributed by atoms with Gasteiger partial charge in [-0.05, 0) is 31.0 Å². The number of Topliss-reactive ketones (excluding diaryl/α,β-unsaturated/α-hetero) is 1. The smallest absolute Gasteiger partial charge is 0.174 e. The molecule has 0 spiro atoms. The summed E-state index contributed by atoms with van der Waals surface area (Å²) in [5.41, 5.74) is 6.12. The summed E-state index contributed by atoms with van der Waals surface area (Å²) in [4.78, 5) is 12.7. The predicted molar refractivity (Wildman–Crippen MR) is 72.3 cm³/mol. The Morgan fingerprint density at radius 2 is 2.28 bits per heavy atom. The summed E-state index contributed by atoms with van der Waals surface area (Å²) in [5.74, 6) is 0.594. The Kier molecular flexibility index (Phi) is 3.64. The van der Waals surface area contributed by atoms with E-state index in [0.717, 1.165) is 19.3 Å². The Balaban J connectivity index is 2.42. The number of rotatable bonds is 3. The molecule has 4 heteroatoms. The first-order valence-electron chi connectivity index (χ1n) is 6.13. The van der Waals surface area contributed by atoms with Crippen LogP contribution in [-0.2, 0) is 0 Å². The fourth-order valence-electron chi connectivity index (χ4n) is 2.64. The molecule has 2 atom stereocenters. The Morgan fingerprint density at radius 3 is 2.83 bits per heavy atom. The molecule has 1 aliphatic rings. The van der Waals surface area contributed by atoms with Crippen molar-refractivity contribution in [3.63, 3.8) is 0 Å². The lowest BCUT2D eigenvalue weighted by atomic mass is 9.78. The van der Waals surface area contributed by atoms with Gasteiger partial charge in [-0.3, -0.25) is 4.79 Å². The van der Waals surface area contributed by atoms with Gasteiger partial charge in [-0.15, -0.1) is 0 Å². The lowest BCUT2D eigenvalue weighted by Gasteiger charge is -2.28. The van der Waals surface area contributed by atoms with Crippen molar-refractivity contribution in [2.24, 2.45) is 11.1 Å². The highest BCUT2D eigenvalue weighted by Gasteiger charge is 2.44. The van der Waals surface area contributed by atoms with Crippen LogP contribution in [0.3, 0.4) is 0 Å². The molecule has 2 rings (SSSR count). The molecule has 0 heterocycles. The molecule has 1 aromatic carbocycles. The zero-order chi connectivity index (χ0) is 13.3. The van der Waals surface area contributed by atoms with Gasteiger partial charge in [0.2, 0.25) is 0 Å². The summed E-state index contributed by atoms with van der Waals surface area (Å²) in [5, 5.41) is 0.536. The van der Waals surface area contributed by atoms with Gasteiger partial charge < -0.3 is 10.5 Å². The Labute approximate surface area is 112 Å². The number of ether oxygens (including phenoxy) is 1. The Morgan fingerprint density at radius 1 is 1.56 bits per heavy atom. The van der Waals surface area contributed by atoms with Crippen LogP contribution in [0.25, 0.3) is 0 Å². The van der Waals surface area contributed by atoms with Gasteiger partial charge in [-0.1, -0.05) is 24.9 Å². The summed E-state index contributed by atoms with van der Waals surface area (Å²) < 4.78 is 5.24. The first kappa shape index (κ1) is 13.4. The van der Waals surface area contributed by atoms with E-state index in [9.17, 15) is 4.79 Å². The number of carbonyl (C=O) groups is 1. The number of nitrogens with two attached hydrogens (primary N) is 1. The maximum atomic E-state index is 12.7. The van der Waals surface area contributed by atoms with E-state index in [4.69, 9.17) is 22.1 Å². The fourth-order valence-corrected chi connectivity index (χ4v) is 2.81. The van der Waals surface area contributed by atoms with Gasteiger partial charge in [0, 0.05) is 16.5 Å². The molecule has 1 aromatic rings. The van der Waals surface area contributed by atoms with E-state index in [1.54, 1.807) is 25.3 Å². The summed E-state index contributed by atoms with van der Waals surface area (Å²) in [6.07, 6.45) is 2.71. The van der Waals surface area contributed by atoms with Crippen LogP contribution in [-0.4, -0.2) is 18.9 Å². The standard InChI is InChI=1S/C14H18ClNO2/c1-14(7-3-4-12(14)16)13(17)10-8-9(15)5-6-11(10)18-2/h5-6,8,12H,3-4,7,16H2,1-2H3. The lowest BCUT2D eigenvalue weighted by Crippen LogP contribution is -2.41. The fraction of sp³-hybridized carbons (Fsp3) is 0.500. The average Bonchev–Trinajstić information content (AvgIpc) is 2.70. The largest absolute Gasteiger partial charge is 0.496 e. The minimum absolute atomic E-state index is 0.0341. The topological polar surface area (TPSA) is 52.3 Å². The highest BCUT2D eigenvalue weighted by atomic mass is 35.5. The molecule has 1 aliphatic carbocycles. The van der Waals surface area contributed by atoms with Crippen LogP contribution in [0.2, 0.25) is 5.02 Å². The van der Waals surface area contributed by atoms with Crippen molar-refractivity contribution in [1.29, 1.82) is 0 Å². The normalized spacial score (nSPS) is 27.2. The number of carbonyl (C=O) groups excluding carboxylic acids is 1. The van der Waals surface area contributed by atoms with E-state index < -0.39 is 5.41 Å². The molecule has 0 amide bonds. The van der Waals surface area contributed by atoms with Crippen molar-refractivity contribution < 1.29 is 9.53 Å². The quantitative estimate of drug-likeness (QED) is 0.857. The predicted octanol–water partition coefficient (Wildman–Crippen LogP) is 3.05. The van der Waals surface area contributed by atoms with Gasteiger partial charge in [-0.25, -0.2) is 0 Å². The van der Waals surface area contributed by atoms with Crippen LogP contribution in [0.4, 0.5) is 0 Å². The third kappa shape index (κ3) is 2.13. The summed E-state index contributed by atoms with van der Waals surface area (Å²) >= 11 is 5.97. The van der Waals surface area contributed by atoms with E-state index in [1.165, 1.54) is 0 Å². The molecule has 3 nitrogen and oxygen atoms in total. The summed E-state index contributed by atoms with van der Waals surface area (Å²) in [6, 6.07) is 5.01. The SMILES string of the molecule is COc1ccc(Cl)cc1C(=O)C1(C)CCCC1N. The number of hydrogen-bond acceptors (Lipinski definition) is 3. The molecule has 98 valence electrons. The monoisotopic (exact) mass is 267 g/mol. The zero-order valence-electron chi connectivity index (χ0n) is 10.7. The van der Waals surface area contributed by atoms with Crippen molar-refractivity contribution >= 4 is 17.4 Å². The molecule has 2 N–H and O–H groups in total. The first-order valence-corrected chi connectivity index (χ1v) is 6.51. The van der Waals surface area contributed by atoms with Crippen LogP contribution < -0.4 is 10.5 Å². The molecule has 0 saturated heterocycles. The van der Waals surface area contributed by atoms with Gasteiger partial charge in [0.25, 0.3) is 0 Å². The molecule has 2 unspecified atom stereocenters. The molecule has 0 radical (unpaired) electrons. The second kappa shape index (κ2) is 4.90. The van der Waals surface area contributed by atoms with Gasteiger partial charge in [0.15, 0.2) is 5.78 Å². The van der Waals surface area contributed by atoms with Crippen LogP contribution in [0.15, 0.2) is 18.2 Å². The molecular weight excluding hydrogens is 250 g/mol. The summed E-state index contributed by atoms with van der Waals surface area (Å²) in [6.45, 7) is 1.94. The third-order valence-corrected chi connectivity index (χ3v) is 4.19. The van der Waals surface area contributed by atoms with Crippen molar-refractivity contribution in [3.8, 4) is 5.75 Å². The molecule has 0 aliphatic heterocycles. The summed E-state index contributed by atoms with van der Waals surface area (Å²) in [7, 11) is 1.55. The minimum atomic E-state index is -0.502. The lowest BCUT2D eigenvalue weighted by molar-refractivity contribution is 0.0799. The van der Waals surface area contributed by atoms with Crippen LogP contribution >= 0.6 is 11.6 Å². The van der Waals surface area contributed by atoms with Crippen LogP contribution in [0, 0.1) is 5.41 Å². The van der Waals surface area contributed by atoms with Crippen molar-refractivity contribution in [1.82, 2.24) is 0 Å². The molecule has 18 heavy (non-hydrogen) atoms. The molecule has 0 aromatic heterocycles. The first-order chi connectivity index (χ1) is 8.49. The van der Waals surface area contributed by atoms with Gasteiger partial charge >= 0.3 is 0 Å². The Bertz CT molecular complexity index is 475. The molecule has 0 bridgehead atoms. The van der Waals surface area contributed by atoms with E-state index in [-0.39, 0.29) is 11.8 Å². The molecule has 1 saturated carbocycles. The van der Waals surface area contributed by atoms with E-state index in [1.807, 2.05) is 6.92 Å². The molecular formula is C14H18ClNO2. The van der Waals surface area contributed by atoms with Gasteiger partial charge in [0.1, 0.15) is 5.75 Å². The van der Waals surface area contributed by atoms with E-state index in [0.29, 0.717) is 16.3 Å². The number of benzene rings is 1. The average molecular weight is 268 g/mol. The van der Waals surface area contributed by atoms with Crippen molar-refractivity contribution in [2.45, 2.75) is 32.2 Å². The highest BCUT2D eigenvalue weighted by Crippen LogP contribution is 2.41. The number of halogens is 1. The van der Waals surface area contributed by atoms with Crippen LogP contribution in [0.1, 0.15) is 36.5 Å². The molecule has 1 fully saturated rings. The maximum Gasteiger partial charge on any atom is 0.174 e.